The molecule has 3 aromatic rings. The normalized spacial score (nSPS) is 17.5. The Balaban J connectivity index is 1.33. The number of likely N-dealkylation sites (tertiary alicyclic amines) is 1. The molecule has 1 aliphatic rings. The summed E-state index contributed by atoms with van der Waals surface area (Å²) in [7, 11) is 0. The Hall–Kier alpha value is -2.93. The number of amides is 1. The molecular weight excluding hydrogens is 328 g/mol. The SMILES string of the molecule is O=C(CN1CCC[C@H]1Cn1cccn1)Nc1ccc(-n2ccnc2)cc1. The smallest absolute Gasteiger partial charge is 0.238 e. The monoisotopic (exact) mass is 350 g/mol. The first-order valence-electron chi connectivity index (χ1n) is 8.88. The molecule has 4 rings (SSSR count). The molecule has 0 radical (unpaired) electrons. The van der Waals surface area contributed by atoms with Crippen molar-refractivity contribution < 1.29 is 4.79 Å². The van der Waals surface area contributed by atoms with Gasteiger partial charge in [-0.05, 0) is 49.7 Å². The summed E-state index contributed by atoms with van der Waals surface area (Å²) < 4.78 is 3.87. The Morgan fingerprint density at radius 2 is 2.08 bits per heavy atom. The second kappa shape index (κ2) is 7.53. The summed E-state index contributed by atoms with van der Waals surface area (Å²) in [5.74, 6) is 0.0211. The van der Waals surface area contributed by atoms with Gasteiger partial charge in [-0.3, -0.25) is 14.4 Å². The number of rotatable bonds is 6. The van der Waals surface area contributed by atoms with Crippen LogP contribution in [0.4, 0.5) is 5.69 Å². The Kier molecular flexibility index (Phi) is 4.79. The molecule has 1 aromatic carbocycles. The molecule has 0 bridgehead atoms. The molecule has 7 heteroatoms. The maximum Gasteiger partial charge on any atom is 0.238 e. The fourth-order valence-electron chi connectivity index (χ4n) is 3.45. The third kappa shape index (κ3) is 3.83. The van der Waals surface area contributed by atoms with Gasteiger partial charge in [-0.15, -0.1) is 0 Å². The van der Waals surface area contributed by atoms with Gasteiger partial charge in [0, 0.05) is 42.2 Å². The van der Waals surface area contributed by atoms with Crippen molar-refractivity contribution in [1.82, 2.24) is 24.2 Å². The van der Waals surface area contributed by atoms with Gasteiger partial charge >= 0.3 is 0 Å². The van der Waals surface area contributed by atoms with Crippen molar-refractivity contribution in [3.05, 3.63) is 61.4 Å². The van der Waals surface area contributed by atoms with Crippen LogP contribution in [-0.2, 0) is 11.3 Å². The molecule has 3 heterocycles. The van der Waals surface area contributed by atoms with Gasteiger partial charge in [0.05, 0.1) is 19.4 Å². The third-order valence-corrected chi connectivity index (χ3v) is 4.76. The molecule has 0 spiro atoms. The molecule has 0 unspecified atom stereocenters. The van der Waals surface area contributed by atoms with Crippen LogP contribution in [0.15, 0.2) is 61.4 Å². The van der Waals surface area contributed by atoms with E-state index in [1.807, 2.05) is 52.0 Å². The van der Waals surface area contributed by atoms with Crippen LogP contribution in [0.3, 0.4) is 0 Å². The number of nitrogens with one attached hydrogen (secondary N) is 1. The standard InChI is InChI=1S/C19H22N6O/c26-19(14-23-10-1-3-18(23)13-25-11-2-8-21-25)22-16-4-6-17(7-5-16)24-12-9-20-15-24/h2,4-9,11-12,15,18H,1,3,10,13-14H2,(H,22,26)/t18-/m0/s1. The van der Waals surface area contributed by atoms with Gasteiger partial charge in [-0.25, -0.2) is 4.98 Å². The fourth-order valence-corrected chi connectivity index (χ4v) is 3.45. The number of anilines is 1. The van der Waals surface area contributed by atoms with Gasteiger partial charge in [0.15, 0.2) is 0 Å². The number of aromatic nitrogens is 4. The lowest BCUT2D eigenvalue weighted by molar-refractivity contribution is -0.117. The summed E-state index contributed by atoms with van der Waals surface area (Å²) in [4.78, 5) is 18.7. The van der Waals surface area contributed by atoms with Crippen LogP contribution in [0.2, 0.25) is 0 Å². The van der Waals surface area contributed by atoms with Gasteiger partial charge < -0.3 is 9.88 Å². The highest BCUT2D eigenvalue weighted by Gasteiger charge is 2.26. The molecule has 0 aliphatic carbocycles. The van der Waals surface area contributed by atoms with E-state index in [4.69, 9.17) is 0 Å². The predicted octanol–water partition coefficient (Wildman–Crippen LogP) is 2.17. The lowest BCUT2D eigenvalue weighted by Gasteiger charge is -2.23. The number of nitrogens with zero attached hydrogens (tertiary/aromatic N) is 5. The van der Waals surface area contributed by atoms with E-state index >= 15 is 0 Å². The number of benzene rings is 1. The van der Waals surface area contributed by atoms with E-state index in [2.05, 4.69) is 20.3 Å². The molecule has 0 saturated carbocycles. The zero-order valence-corrected chi connectivity index (χ0v) is 14.5. The number of hydrogen-bond donors (Lipinski definition) is 1. The van der Waals surface area contributed by atoms with Crippen LogP contribution in [0.1, 0.15) is 12.8 Å². The first kappa shape index (κ1) is 16.5. The minimum atomic E-state index is 0.0211. The van der Waals surface area contributed by atoms with Crippen molar-refractivity contribution in [1.29, 1.82) is 0 Å². The minimum Gasteiger partial charge on any atom is -0.325 e. The molecule has 1 N–H and O–H groups in total. The molecule has 2 aromatic heterocycles. The van der Waals surface area contributed by atoms with Crippen LogP contribution in [0.25, 0.3) is 5.69 Å². The van der Waals surface area contributed by atoms with Crippen molar-refractivity contribution in [3.63, 3.8) is 0 Å². The summed E-state index contributed by atoms with van der Waals surface area (Å²) >= 11 is 0. The highest BCUT2D eigenvalue weighted by molar-refractivity contribution is 5.92. The van der Waals surface area contributed by atoms with Gasteiger partial charge in [-0.2, -0.15) is 5.10 Å². The fraction of sp³-hybridized carbons (Fsp3) is 0.316. The summed E-state index contributed by atoms with van der Waals surface area (Å²) in [5.41, 5.74) is 1.82. The second-order valence-corrected chi connectivity index (χ2v) is 6.56. The molecule has 1 atom stereocenters. The zero-order chi connectivity index (χ0) is 17.8. The number of carbonyl (C=O) groups excluding carboxylic acids is 1. The van der Waals surface area contributed by atoms with Crippen LogP contribution < -0.4 is 5.32 Å². The van der Waals surface area contributed by atoms with Crippen molar-refractivity contribution in [2.24, 2.45) is 0 Å². The second-order valence-electron chi connectivity index (χ2n) is 6.56. The Bertz CT molecular complexity index is 826. The van der Waals surface area contributed by atoms with E-state index in [9.17, 15) is 4.79 Å². The Morgan fingerprint density at radius 3 is 2.81 bits per heavy atom. The minimum absolute atomic E-state index is 0.0211. The lowest BCUT2D eigenvalue weighted by Crippen LogP contribution is -2.39. The highest BCUT2D eigenvalue weighted by Crippen LogP contribution is 2.19. The number of imidazole rings is 1. The number of carbonyl (C=O) groups is 1. The van der Waals surface area contributed by atoms with Crippen molar-refractivity contribution >= 4 is 11.6 Å². The van der Waals surface area contributed by atoms with E-state index < -0.39 is 0 Å². The molecule has 134 valence electrons. The average Bonchev–Trinajstić information content (AvgIpc) is 3.40. The van der Waals surface area contributed by atoms with E-state index in [-0.39, 0.29) is 5.91 Å². The van der Waals surface area contributed by atoms with Crippen molar-refractivity contribution in [2.45, 2.75) is 25.4 Å². The summed E-state index contributed by atoms with van der Waals surface area (Å²) in [6, 6.07) is 10.1. The maximum absolute atomic E-state index is 12.4. The van der Waals surface area contributed by atoms with Crippen molar-refractivity contribution in [3.8, 4) is 5.69 Å². The third-order valence-electron chi connectivity index (χ3n) is 4.76. The molecule has 1 saturated heterocycles. The zero-order valence-electron chi connectivity index (χ0n) is 14.5. The maximum atomic E-state index is 12.4. The van der Waals surface area contributed by atoms with E-state index in [1.165, 1.54) is 0 Å². The molecule has 26 heavy (non-hydrogen) atoms. The van der Waals surface area contributed by atoms with E-state index in [1.54, 1.807) is 18.7 Å². The summed E-state index contributed by atoms with van der Waals surface area (Å²) in [6.45, 7) is 2.20. The molecule has 1 amide bonds. The van der Waals surface area contributed by atoms with Crippen LogP contribution >= 0.6 is 0 Å². The quantitative estimate of drug-likeness (QED) is 0.740. The lowest BCUT2D eigenvalue weighted by atomic mass is 10.2. The Labute approximate surface area is 152 Å². The Morgan fingerprint density at radius 1 is 1.19 bits per heavy atom. The first-order chi connectivity index (χ1) is 12.8. The number of hydrogen-bond acceptors (Lipinski definition) is 4. The topological polar surface area (TPSA) is 68.0 Å². The first-order valence-corrected chi connectivity index (χ1v) is 8.88. The van der Waals surface area contributed by atoms with E-state index in [0.29, 0.717) is 12.6 Å². The predicted molar refractivity (Wildman–Crippen MR) is 99.0 cm³/mol. The van der Waals surface area contributed by atoms with E-state index in [0.717, 1.165) is 37.3 Å². The molecule has 1 aliphatic heterocycles. The molecular formula is C19H22N6O. The molecule has 7 nitrogen and oxygen atoms in total. The van der Waals surface area contributed by atoms with Gasteiger partial charge in [0.2, 0.25) is 5.91 Å². The van der Waals surface area contributed by atoms with Crippen LogP contribution in [0, 0.1) is 0 Å². The summed E-state index contributed by atoms with van der Waals surface area (Å²) in [5, 5.41) is 7.27. The largest absolute Gasteiger partial charge is 0.325 e. The summed E-state index contributed by atoms with van der Waals surface area (Å²) in [6.07, 6.45) is 11.4. The molecule has 1 fully saturated rings. The van der Waals surface area contributed by atoms with Gasteiger partial charge in [0.25, 0.3) is 0 Å². The van der Waals surface area contributed by atoms with Crippen molar-refractivity contribution in [2.75, 3.05) is 18.4 Å². The average molecular weight is 350 g/mol. The van der Waals surface area contributed by atoms with Gasteiger partial charge in [0.1, 0.15) is 0 Å². The highest BCUT2D eigenvalue weighted by atomic mass is 16.2. The van der Waals surface area contributed by atoms with Gasteiger partial charge in [-0.1, -0.05) is 0 Å². The van der Waals surface area contributed by atoms with Crippen LogP contribution in [-0.4, -0.2) is 49.3 Å². The van der Waals surface area contributed by atoms with Crippen LogP contribution in [0.5, 0.6) is 0 Å².